The molecule has 3 rings (SSSR count). The summed E-state index contributed by atoms with van der Waals surface area (Å²) in [5.74, 6) is 0. The third kappa shape index (κ3) is 3.04. The van der Waals surface area contributed by atoms with E-state index in [-0.39, 0.29) is 12.1 Å². The van der Waals surface area contributed by atoms with Gasteiger partial charge in [0.2, 0.25) is 0 Å². The summed E-state index contributed by atoms with van der Waals surface area (Å²) < 4.78 is 5.36. The average molecular weight is 303 g/mol. The highest BCUT2D eigenvalue weighted by molar-refractivity contribution is 5.68. The molecular weight excluding hydrogens is 278 g/mol. The van der Waals surface area contributed by atoms with Crippen LogP contribution < -0.4 is 5.73 Å². The zero-order chi connectivity index (χ0) is 15.5. The summed E-state index contributed by atoms with van der Waals surface area (Å²) in [4.78, 5) is 16.5. The Kier molecular flexibility index (Phi) is 4.52. The second kappa shape index (κ2) is 6.57. The number of carbonyl (C=O) groups excluding carboxylic acids is 1. The maximum Gasteiger partial charge on any atom is 0.409 e. The Morgan fingerprint density at radius 2 is 2.23 bits per heavy atom. The van der Waals surface area contributed by atoms with Gasteiger partial charge in [-0.1, -0.05) is 19.4 Å². The van der Waals surface area contributed by atoms with Crippen molar-refractivity contribution in [3.8, 4) is 0 Å². The lowest BCUT2D eigenvalue weighted by atomic mass is 9.90. The van der Waals surface area contributed by atoms with E-state index in [4.69, 9.17) is 10.5 Å². The van der Waals surface area contributed by atoms with Crippen molar-refractivity contribution in [2.45, 2.75) is 32.2 Å². The molecule has 0 bridgehead atoms. The number of piperazine rings is 1. The third-order valence-electron chi connectivity index (χ3n) is 4.67. The van der Waals surface area contributed by atoms with Crippen LogP contribution in [0.15, 0.2) is 18.2 Å². The molecule has 1 aromatic rings. The summed E-state index contributed by atoms with van der Waals surface area (Å²) in [7, 11) is 0. The van der Waals surface area contributed by atoms with Crippen molar-refractivity contribution in [3.63, 3.8) is 0 Å². The van der Waals surface area contributed by atoms with Gasteiger partial charge in [-0.2, -0.15) is 0 Å². The van der Waals surface area contributed by atoms with Crippen LogP contribution in [-0.2, 0) is 11.2 Å². The Bertz CT molecular complexity index is 547. The topological polar surface area (TPSA) is 58.8 Å². The number of hydrogen-bond donors (Lipinski definition) is 1. The molecule has 1 amide bonds. The minimum absolute atomic E-state index is 0.171. The fourth-order valence-electron chi connectivity index (χ4n) is 3.38. The first-order valence-corrected chi connectivity index (χ1v) is 8.23. The van der Waals surface area contributed by atoms with Crippen molar-refractivity contribution in [1.29, 1.82) is 0 Å². The molecule has 120 valence electrons. The molecule has 0 radical (unpaired) electrons. The Morgan fingerprint density at radius 3 is 3.05 bits per heavy atom. The Balaban J connectivity index is 1.70. The van der Waals surface area contributed by atoms with Crippen LogP contribution in [0.5, 0.6) is 0 Å². The first-order valence-electron chi connectivity index (χ1n) is 8.23. The summed E-state index contributed by atoms with van der Waals surface area (Å²) in [5.41, 5.74) is 9.35. The zero-order valence-corrected chi connectivity index (χ0v) is 13.3. The standard InChI is InChI=1S/C17H25N3O2/c1-2-3-10-22-17(21)20-9-8-19-7-6-13-11-14(18)4-5-15(13)16(19)12-20/h4-5,11,16H,2-3,6-10,12,18H2,1H3/t16-/m1/s1. The summed E-state index contributed by atoms with van der Waals surface area (Å²) in [6.07, 6.45) is 2.84. The monoisotopic (exact) mass is 303 g/mol. The molecule has 0 aliphatic carbocycles. The van der Waals surface area contributed by atoms with Gasteiger partial charge in [-0.05, 0) is 36.1 Å². The molecule has 5 heteroatoms. The number of unbranched alkanes of at least 4 members (excludes halogenated alkanes) is 1. The van der Waals surface area contributed by atoms with E-state index in [1.165, 1.54) is 11.1 Å². The summed E-state index contributed by atoms with van der Waals surface area (Å²) in [5, 5.41) is 0. The zero-order valence-electron chi connectivity index (χ0n) is 13.3. The molecule has 5 nitrogen and oxygen atoms in total. The summed E-state index contributed by atoms with van der Waals surface area (Å²) in [6, 6.07) is 6.43. The van der Waals surface area contributed by atoms with Gasteiger partial charge in [0.1, 0.15) is 0 Å². The maximum absolute atomic E-state index is 12.2. The second-order valence-electron chi connectivity index (χ2n) is 6.17. The Morgan fingerprint density at radius 1 is 1.36 bits per heavy atom. The van der Waals surface area contributed by atoms with Gasteiger partial charge in [0.05, 0.1) is 12.6 Å². The van der Waals surface area contributed by atoms with Crippen LogP contribution in [0.3, 0.4) is 0 Å². The minimum Gasteiger partial charge on any atom is -0.449 e. The van der Waals surface area contributed by atoms with Crippen LogP contribution in [0.2, 0.25) is 0 Å². The van der Waals surface area contributed by atoms with Crippen molar-refractivity contribution >= 4 is 11.8 Å². The first kappa shape index (κ1) is 15.2. The number of ether oxygens (including phenoxy) is 1. The molecule has 0 unspecified atom stereocenters. The van der Waals surface area contributed by atoms with Crippen molar-refractivity contribution in [1.82, 2.24) is 9.80 Å². The Labute approximate surface area is 132 Å². The lowest BCUT2D eigenvalue weighted by molar-refractivity contribution is 0.0458. The van der Waals surface area contributed by atoms with Crippen molar-refractivity contribution in [2.75, 3.05) is 38.5 Å². The number of nitrogen functional groups attached to an aromatic ring is 1. The number of benzene rings is 1. The minimum atomic E-state index is -0.171. The number of anilines is 1. The molecule has 0 aromatic heterocycles. The number of fused-ring (bicyclic) bond motifs is 3. The van der Waals surface area contributed by atoms with Crippen LogP contribution in [0, 0.1) is 0 Å². The van der Waals surface area contributed by atoms with E-state index >= 15 is 0 Å². The average Bonchev–Trinajstić information content (AvgIpc) is 2.54. The van der Waals surface area contributed by atoms with Crippen LogP contribution >= 0.6 is 0 Å². The molecule has 22 heavy (non-hydrogen) atoms. The molecule has 1 atom stereocenters. The number of nitrogens with two attached hydrogens (primary N) is 1. The molecule has 2 N–H and O–H groups in total. The van der Waals surface area contributed by atoms with E-state index in [1.807, 2.05) is 11.0 Å². The molecule has 1 saturated heterocycles. The van der Waals surface area contributed by atoms with Crippen LogP contribution in [0.4, 0.5) is 10.5 Å². The fraction of sp³-hybridized carbons (Fsp3) is 0.588. The molecule has 2 aliphatic heterocycles. The second-order valence-corrected chi connectivity index (χ2v) is 6.17. The molecule has 2 aliphatic rings. The van der Waals surface area contributed by atoms with E-state index < -0.39 is 0 Å². The summed E-state index contributed by atoms with van der Waals surface area (Å²) >= 11 is 0. The van der Waals surface area contributed by atoms with Gasteiger partial charge in [0, 0.05) is 31.9 Å². The largest absolute Gasteiger partial charge is 0.449 e. The highest BCUT2D eigenvalue weighted by atomic mass is 16.6. The Hall–Kier alpha value is -1.75. The van der Waals surface area contributed by atoms with Crippen LogP contribution in [-0.4, -0.2) is 48.7 Å². The molecule has 0 spiro atoms. The highest BCUT2D eigenvalue weighted by Crippen LogP contribution is 2.33. The van der Waals surface area contributed by atoms with Crippen molar-refractivity contribution < 1.29 is 9.53 Å². The number of carbonyl (C=O) groups is 1. The van der Waals surface area contributed by atoms with Crippen LogP contribution in [0.1, 0.15) is 36.9 Å². The summed E-state index contributed by atoms with van der Waals surface area (Å²) in [6.45, 7) is 6.04. The van der Waals surface area contributed by atoms with Gasteiger partial charge in [-0.3, -0.25) is 4.90 Å². The van der Waals surface area contributed by atoms with E-state index in [0.717, 1.165) is 44.6 Å². The molecule has 1 fully saturated rings. The van der Waals surface area contributed by atoms with Gasteiger partial charge in [0.25, 0.3) is 0 Å². The lowest BCUT2D eigenvalue weighted by Gasteiger charge is -2.44. The van der Waals surface area contributed by atoms with Gasteiger partial charge < -0.3 is 15.4 Å². The van der Waals surface area contributed by atoms with Crippen molar-refractivity contribution in [2.24, 2.45) is 0 Å². The molecular formula is C17H25N3O2. The van der Waals surface area contributed by atoms with Gasteiger partial charge in [-0.15, -0.1) is 0 Å². The SMILES string of the molecule is CCCCOC(=O)N1CCN2CCc3cc(N)ccc3[C@H]2C1. The van der Waals surface area contributed by atoms with E-state index in [9.17, 15) is 4.79 Å². The van der Waals surface area contributed by atoms with Crippen molar-refractivity contribution in [3.05, 3.63) is 29.3 Å². The van der Waals surface area contributed by atoms with Crippen LogP contribution in [0.25, 0.3) is 0 Å². The number of hydrogen-bond acceptors (Lipinski definition) is 4. The normalized spacial score (nSPS) is 21.1. The highest BCUT2D eigenvalue weighted by Gasteiger charge is 2.34. The molecule has 0 saturated carbocycles. The quantitative estimate of drug-likeness (QED) is 0.688. The molecule has 2 heterocycles. The van der Waals surface area contributed by atoms with E-state index in [1.54, 1.807) is 0 Å². The van der Waals surface area contributed by atoms with Gasteiger partial charge in [-0.25, -0.2) is 4.79 Å². The number of amides is 1. The van der Waals surface area contributed by atoms with Gasteiger partial charge >= 0.3 is 6.09 Å². The maximum atomic E-state index is 12.2. The van der Waals surface area contributed by atoms with Gasteiger partial charge in [0.15, 0.2) is 0 Å². The predicted octanol–water partition coefficient (Wildman–Crippen LogP) is 2.42. The number of nitrogens with zero attached hydrogens (tertiary/aromatic N) is 2. The van der Waals surface area contributed by atoms with E-state index in [0.29, 0.717) is 13.2 Å². The van der Waals surface area contributed by atoms with E-state index in [2.05, 4.69) is 24.0 Å². The number of rotatable bonds is 3. The smallest absolute Gasteiger partial charge is 0.409 e. The first-order chi connectivity index (χ1) is 10.7. The lowest BCUT2D eigenvalue weighted by Crippen LogP contribution is -2.52. The predicted molar refractivity (Wildman–Crippen MR) is 86.7 cm³/mol. The fourth-order valence-corrected chi connectivity index (χ4v) is 3.38. The molecule has 1 aromatic carbocycles. The third-order valence-corrected chi connectivity index (χ3v) is 4.67.